The van der Waals surface area contributed by atoms with E-state index in [0.29, 0.717) is 23.2 Å². The van der Waals surface area contributed by atoms with Gasteiger partial charge < -0.3 is 14.7 Å². The zero-order valence-corrected chi connectivity index (χ0v) is 13.5. The van der Waals surface area contributed by atoms with Crippen LogP contribution in [0.15, 0.2) is 57.9 Å². The van der Waals surface area contributed by atoms with Gasteiger partial charge in [0.05, 0.1) is 5.52 Å². The largest absolute Gasteiger partial charge is 0.417 e. The smallest absolute Gasteiger partial charge is 0.408 e. The van der Waals surface area contributed by atoms with Gasteiger partial charge in [0.15, 0.2) is 5.58 Å². The first kappa shape index (κ1) is 15.3. The number of rotatable bonds is 5. The third-order valence-electron chi connectivity index (χ3n) is 4.23. The van der Waals surface area contributed by atoms with Gasteiger partial charge >= 0.3 is 5.76 Å². The average Bonchev–Trinajstić information content (AvgIpc) is 3.17. The molecule has 0 fully saturated rings. The SMILES string of the molecule is O=C(CCCc1c[nH]c2ccccc12)Nc1ccc2oc(=O)[nH]c2c1. The minimum Gasteiger partial charge on any atom is -0.408 e. The summed E-state index contributed by atoms with van der Waals surface area (Å²) in [7, 11) is 0. The van der Waals surface area contributed by atoms with Gasteiger partial charge in [-0.05, 0) is 42.7 Å². The van der Waals surface area contributed by atoms with Crippen LogP contribution in [0.3, 0.4) is 0 Å². The number of nitrogens with one attached hydrogen (secondary N) is 3. The highest BCUT2D eigenvalue weighted by molar-refractivity contribution is 5.92. The fraction of sp³-hybridized carbons (Fsp3) is 0.158. The van der Waals surface area contributed by atoms with Crippen LogP contribution >= 0.6 is 0 Å². The second-order valence-electron chi connectivity index (χ2n) is 5.99. The first-order valence-corrected chi connectivity index (χ1v) is 8.17. The van der Waals surface area contributed by atoms with Gasteiger partial charge in [0, 0.05) is 29.2 Å². The zero-order valence-electron chi connectivity index (χ0n) is 13.5. The number of oxazole rings is 1. The molecule has 0 bridgehead atoms. The van der Waals surface area contributed by atoms with Crippen molar-refractivity contribution in [2.45, 2.75) is 19.3 Å². The number of fused-ring (bicyclic) bond motifs is 2. The van der Waals surface area contributed by atoms with E-state index in [4.69, 9.17) is 4.42 Å². The Balaban J connectivity index is 1.36. The zero-order chi connectivity index (χ0) is 17.2. The lowest BCUT2D eigenvalue weighted by Gasteiger charge is -2.05. The highest BCUT2D eigenvalue weighted by Gasteiger charge is 2.07. The van der Waals surface area contributed by atoms with Gasteiger partial charge in [-0.15, -0.1) is 0 Å². The molecule has 25 heavy (non-hydrogen) atoms. The van der Waals surface area contributed by atoms with E-state index in [0.717, 1.165) is 18.4 Å². The van der Waals surface area contributed by atoms with E-state index < -0.39 is 5.76 Å². The van der Waals surface area contributed by atoms with Crippen molar-refractivity contribution in [1.82, 2.24) is 9.97 Å². The average molecular weight is 335 g/mol. The molecule has 0 radical (unpaired) electrons. The Hall–Kier alpha value is -3.28. The molecule has 2 aromatic carbocycles. The molecular weight excluding hydrogens is 318 g/mol. The van der Waals surface area contributed by atoms with E-state index >= 15 is 0 Å². The van der Waals surface area contributed by atoms with Gasteiger partial charge in [0.25, 0.3) is 0 Å². The molecule has 0 spiro atoms. The highest BCUT2D eigenvalue weighted by Crippen LogP contribution is 2.20. The summed E-state index contributed by atoms with van der Waals surface area (Å²) in [6.07, 6.45) is 4.04. The number of para-hydroxylation sites is 1. The Morgan fingerprint density at radius 3 is 2.92 bits per heavy atom. The Bertz CT molecular complexity index is 1100. The van der Waals surface area contributed by atoms with E-state index in [9.17, 15) is 9.59 Å². The monoisotopic (exact) mass is 335 g/mol. The van der Waals surface area contributed by atoms with E-state index in [1.54, 1.807) is 18.2 Å². The summed E-state index contributed by atoms with van der Waals surface area (Å²) in [5.41, 5.74) is 4.02. The molecule has 0 atom stereocenters. The van der Waals surface area contributed by atoms with Crippen LogP contribution in [0.1, 0.15) is 18.4 Å². The first-order chi connectivity index (χ1) is 12.2. The lowest BCUT2D eigenvalue weighted by atomic mass is 10.1. The fourth-order valence-electron chi connectivity index (χ4n) is 3.03. The Morgan fingerprint density at radius 1 is 1.12 bits per heavy atom. The highest BCUT2D eigenvalue weighted by atomic mass is 16.4. The van der Waals surface area contributed by atoms with Crippen LogP contribution in [-0.2, 0) is 11.2 Å². The van der Waals surface area contributed by atoms with E-state index in [2.05, 4.69) is 21.4 Å². The fourth-order valence-corrected chi connectivity index (χ4v) is 3.03. The number of aromatic amines is 2. The molecule has 126 valence electrons. The lowest BCUT2D eigenvalue weighted by molar-refractivity contribution is -0.116. The Kier molecular flexibility index (Phi) is 3.85. The number of amides is 1. The van der Waals surface area contributed by atoms with Crippen molar-refractivity contribution in [3.05, 3.63) is 64.8 Å². The van der Waals surface area contributed by atoms with E-state index in [-0.39, 0.29) is 5.91 Å². The maximum atomic E-state index is 12.1. The van der Waals surface area contributed by atoms with Crippen LogP contribution in [0, 0.1) is 0 Å². The number of hydrogen-bond acceptors (Lipinski definition) is 3. The van der Waals surface area contributed by atoms with E-state index in [1.807, 2.05) is 24.4 Å². The second-order valence-corrected chi connectivity index (χ2v) is 5.99. The number of H-pyrrole nitrogens is 2. The molecular formula is C19H17N3O3. The molecule has 0 saturated heterocycles. The van der Waals surface area contributed by atoms with Crippen molar-refractivity contribution in [2.75, 3.05) is 5.32 Å². The van der Waals surface area contributed by atoms with Crippen LogP contribution in [0.2, 0.25) is 0 Å². The molecule has 0 aliphatic rings. The topological polar surface area (TPSA) is 90.9 Å². The standard InChI is InChI=1S/C19H17N3O3/c23-18(21-13-8-9-17-16(10-13)22-19(24)25-17)7-3-4-12-11-20-15-6-2-1-5-14(12)15/h1-2,5-6,8-11,20H,3-4,7H2,(H,21,23)(H,22,24). The molecule has 0 saturated carbocycles. The molecule has 2 aromatic heterocycles. The van der Waals surface area contributed by atoms with Gasteiger partial charge in [0.2, 0.25) is 5.91 Å². The second kappa shape index (κ2) is 6.32. The van der Waals surface area contributed by atoms with Gasteiger partial charge in [-0.3, -0.25) is 9.78 Å². The number of aryl methyl sites for hydroxylation is 1. The first-order valence-electron chi connectivity index (χ1n) is 8.17. The summed E-state index contributed by atoms with van der Waals surface area (Å²) in [6, 6.07) is 13.2. The molecule has 1 amide bonds. The van der Waals surface area contributed by atoms with Gasteiger partial charge in [0.1, 0.15) is 0 Å². The summed E-state index contributed by atoms with van der Waals surface area (Å²) >= 11 is 0. The molecule has 0 aliphatic carbocycles. The summed E-state index contributed by atoms with van der Waals surface area (Å²) in [5.74, 6) is -0.553. The van der Waals surface area contributed by atoms with Crippen LogP contribution in [0.4, 0.5) is 5.69 Å². The summed E-state index contributed by atoms with van der Waals surface area (Å²) in [6.45, 7) is 0. The third-order valence-corrected chi connectivity index (χ3v) is 4.23. The van der Waals surface area contributed by atoms with Gasteiger partial charge in [-0.1, -0.05) is 18.2 Å². The minimum absolute atomic E-state index is 0.0509. The number of anilines is 1. The van der Waals surface area contributed by atoms with Crippen molar-refractivity contribution < 1.29 is 9.21 Å². The lowest BCUT2D eigenvalue weighted by Crippen LogP contribution is -2.11. The molecule has 6 nitrogen and oxygen atoms in total. The molecule has 6 heteroatoms. The maximum absolute atomic E-state index is 12.1. The summed E-state index contributed by atoms with van der Waals surface area (Å²) < 4.78 is 4.94. The van der Waals surface area contributed by atoms with Crippen molar-refractivity contribution >= 4 is 33.6 Å². The summed E-state index contributed by atoms with van der Waals surface area (Å²) in [4.78, 5) is 29.1. The number of benzene rings is 2. The maximum Gasteiger partial charge on any atom is 0.417 e. The number of carbonyl (C=O) groups excluding carboxylic acids is 1. The number of aromatic nitrogens is 2. The predicted octanol–water partition coefficient (Wildman–Crippen LogP) is 3.56. The van der Waals surface area contributed by atoms with Crippen molar-refractivity contribution in [2.24, 2.45) is 0 Å². The quantitative estimate of drug-likeness (QED) is 0.521. The molecule has 3 N–H and O–H groups in total. The molecule has 4 rings (SSSR count). The van der Waals surface area contributed by atoms with Gasteiger partial charge in [-0.2, -0.15) is 0 Å². The Labute approximate surface area is 142 Å². The van der Waals surface area contributed by atoms with Crippen LogP contribution in [0.5, 0.6) is 0 Å². The minimum atomic E-state index is -0.503. The van der Waals surface area contributed by atoms with Crippen molar-refractivity contribution in [3.8, 4) is 0 Å². The molecule has 0 aliphatic heterocycles. The molecule has 4 aromatic rings. The van der Waals surface area contributed by atoms with Crippen LogP contribution < -0.4 is 11.1 Å². The number of carbonyl (C=O) groups is 1. The Morgan fingerprint density at radius 2 is 2.00 bits per heavy atom. The predicted molar refractivity (Wildman–Crippen MR) is 96.7 cm³/mol. The van der Waals surface area contributed by atoms with E-state index in [1.165, 1.54) is 10.9 Å². The number of hydrogen-bond donors (Lipinski definition) is 3. The normalized spacial score (nSPS) is 11.2. The van der Waals surface area contributed by atoms with Crippen molar-refractivity contribution in [3.63, 3.8) is 0 Å². The van der Waals surface area contributed by atoms with Crippen LogP contribution in [-0.4, -0.2) is 15.9 Å². The van der Waals surface area contributed by atoms with Crippen molar-refractivity contribution in [1.29, 1.82) is 0 Å². The van der Waals surface area contributed by atoms with Crippen LogP contribution in [0.25, 0.3) is 22.0 Å². The third kappa shape index (κ3) is 3.19. The van der Waals surface area contributed by atoms with Gasteiger partial charge in [-0.25, -0.2) is 4.79 Å². The molecule has 2 heterocycles. The molecule has 0 unspecified atom stereocenters. The summed E-state index contributed by atoms with van der Waals surface area (Å²) in [5, 5.41) is 4.06.